The lowest BCUT2D eigenvalue weighted by atomic mass is 9.85. The maximum absolute atomic E-state index is 13.4. The molecule has 3 aromatic carbocycles. The van der Waals surface area contributed by atoms with Crippen LogP contribution >= 0.6 is 11.6 Å². The Hall–Kier alpha value is -4.36. The van der Waals surface area contributed by atoms with E-state index in [1.165, 1.54) is 32.9 Å². The number of carbonyl (C=O) groups is 3. The van der Waals surface area contributed by atoms with Crippen molar-refractivity contribution >= 4 is 35.1 Å². The van der Waals surface area contributed by atoms with Crippen LogP contribution in [-0.2, 0) is 20.7 Å². The summed E-state index contributed by atoms with van der Waals surface area (Å²) in [6.45, 7) is 5.95. The second kappa shape index (κ2) is 13.1. The number of ether oxygens (including phenoxy) is 1. The molecular formula is C31H29ClF3N3O4. The van der Waals surface area contributed by atoms with Crippen LogP contribution in [0.3, 0.4) is 0 Å². The monoisotopic (exact) mass is 599 g/mol. The number of aryl methyl sites for hydroxylation is 1. The zero-order valence-electron chi connectivity index (χ0n) is 23.3. The fraction of sp³-hybridized carbons (Fsp3) is 0.290. The molecule has 11 heteroatoms. The molecule has 2 atom stereocenters. The second-order valence-corrected chi connectivity index (χ2v) is 10.7. The minimum Gasteiger partial charge on any atom is -0.446 e. The Bertz CT molecular complexity index is 1520. The van der Waals surface area contributed by atoms with Crippen LogP contribution in [0.5, 0.6) is 0 Å². The molecule has 42 heavy (non-hydrogen) atoms. The SMILES string of the molecule is Cc1cccc(NC(=O)C(F)(F)F)c1C(=O)OC(C)(C)C(=O)NC(C)C(Cc1ccc(Cl)cc1)c1cccc(C#N)c1. The number of alkyl halides is 3. The van der Waals surface area contributed by atoms with Crippen LogP contribution in [0.4, 0.5) is 18.9 Å². The normalized spacial score (nSPS) is 12.9. The van der Waals surface area contributed by atoms with E-state index in [0.29, 0.717) is 17.0 Å². The maximum atomic E-state index is 13.4. The minimum absolute atomic E-state index is 0.241. The lowest BCUT2D eigenvalue weighted by molar-refractivity contribution is -0.167. The third-order valence-electron chi connectivity index (χ3n) is 6.65. The first kappa shape index (κ1) is 32.2. The largest absolute Gasteiger partial charge is 0.471 e. The molecule has 0 radical (unpaired) electrons. The van der Waals surface area contributed by atoms with E-state index >= 15 is 0 Å². The molecule has 2 N–H and O–H groups in total. The van der Waals surface area contributed by atoms with E-state index in [-0.39, 0.29) is 17.0 Å². The molecule has 0 saturated carbocycles. The topological polar surface area (TPSA) is 108 Å². The molecule has 0 fully saturated rings. The van der Waals surface area contributed by atoms with Crippen molar-refractivity contribution in [1.82, 2.24) is 5.32 Å². The van der Waals surface area contributed by atoms with Crippen LogP contribution in [-0.4, -0.2) is 35.6 Å². The Morgan fingerprint density at radius 1 is 1.00 bits per heavy atom. The highest BCUT2D eigenvalue weighted by molar-refractivity contribution is 6.30. The third kappa shape index (κ3) is 8.10. The van der Waals surface area contributed by atoms with E-state index in [4.69, 9.17) is 16.3 Å². The van der Waals surface area contributed by atoms with Gasteiger partial charge < -0.3 is 15.4 Å². The summed E-state index contributed by atoms with van der Waals surface area (Å²) in [4.78, 5) is 38.1. The Balaban J connectivity index is 1.83. The second-order valence-electron chi connectivity index (χ2n) is 10.3. The van der Waals surface area contributed by atoms with E-state index in [2.05, 4.69) is 11.4 Å². The fourth-order valence-electron chi connectivity index (χ4n) is 4.34. The summed E-state index contributed by atoms with van der Waals surface area (Å²) in [7, 11) is 0. The number of benzene rings is 3. The average Bonchev–Trinajstić information content (AvgIpc) is 2.91. The van der Waals surface area contributed by atoms with Gasteiger partial charge in [-0.3, -0.25) is 9.59 Å². The van der Waals surface area contributed by atoms with Gasteiger partial charge in [0.25, 0.3) is 5.91 Å². The van der Waals surface area contributed by atoms with Crippen molar-refractivity contribution in [2.24, 2.45) is 0 Å². The van der Waals surface area contributed by atoms with E-state index in [1.807, 2.05) is 18.2 Å². The van der Waals surface area contributed by atoms with Crippen molar-refractivity contribution in [3.63, 3.8) is 0 Å². The van der Waals surface area contributed by atoms with Crippen LogP contribution < -0.4 is 10.6 Å². The molecular weight excluding hydrogens is 571 g/mol. The van der Waals surface area contributed by atoms with Crippen molar-refractivity contribution < 1.29 is 32.3 Å². The summed E-state index contributed by atoms with van der Waals surface area (Å²) >= 11 is 6.03. The first-order chi connectivity index (χ1) is 19.6. The molecule has 0 aliphatic rings. The lowest BCUT2D eigenvalue weighted by Gasteiger charge is -2.30. The van der Waals surface area contributed by atoms with Crippen molar-refractivity contribution in [2.75, 3.05) is 5.32 Å². The van der Waals surface area contributed by atoms with Gasteiger partial charge in [0.05, 0.1) is 22.9 Å². The number of halogens is 4. The summed E-state index contributed by atoms with van der Waals surface area (Å²) in [5.74, 6) is -4.29. The summed E-state index contributed by atoms with van der Waals surface area (Å²) < 4.78 is 44.0. The number of esters is 1. The number of rotatable bonds is 9. The first-order valence-electron chi connectivity index (χ1n) is 12.9. The Morgan fingerprint density at radius 2 is 1.64 bits per heavy atom. The summed E-state index contributed by atoms with van der Waals surface area (Å²) in [5, 5.41) is 14.5. The van der Waals surface area contributed by atoms with Gasteiger partial charge in [0, 0.05) is 17.0 Å². The van der Waals surface area contributed by atoms with Gasteiger partial charge in [0.15, 0.2) is 5.60 Å². The Morgan fingerprint density at radius 3 is 2.26 bits per heavy atom. The van der Waals surface area contributed by atoms with Gasteiger partial charge in [0.1, 0.15) is 0 Å². The predicted octanol–water partition coefficient (Wildman–Crippen LogP) is 6.49. The molecule has 0 aromatic heterocycles. The average molecular weight is 600 g/mol. The molecule has 7 nitrogen and oxygen atoms in total. The molecule has 0 spiro atoms. The van der Waals surface area contributed by atoms with Crippen molar-refractivity contribution in [2.45, 2.75) is 57.9 Å². The highest BCUT2D eigenvalue weighted by atomic mass is 35.5. The zero-order valence-corrected chi connectivity index (χ0v) is 24.1. The number of hydrogen-bond donors (Lipinski definition) is 2. The standard InChI is InChI=1S/C31H29ClF3N3O4/c1-18-7-5-10-25(38-29(41)31(33,34)35)26(18)27(39)42-30(3,4)28(40)37-19(2)24(16-20-11-13-23(32)14-12-20)22-9-6-8-21(15-22)17-36/h5-15,19,24H,16H2,1-4H3,(H,37,40)(H,38,41). The van der Waals surface area contributed by atoms with Crippen LogP contribution in [0.1, 0.15) is 59.3 Å². The number of nitrogens with zero attached hydrogens (tertiary/aromatic N) is 1. The zero-order chi connectivity index (χ0) is 31.2. The third-order valence-corrected chi connectivity index (χ3v) is 6.90. The molecule has 2 unspecified atom stereocenters. The Kier molecular flexibility index (Phi) is 10.0. The van der Waals surface area contributed by atoms with E-state index in [1.54, 1.807) is 42.6 Å². The van der Waals surface area contributed by atoms with E-state index in [0.717, 1.165) is 17.2 Å². The van der Waals surface area contributed by atoms with E-state index < -0.39 is 41.3 Å². The van der Waals surface area contributed by atoms with Gasteiger partial charge in [-0.05, 0) is 81.1 Å². The van der Waals surface area contributed by atoms with Crippen molar-refractivity contribution in [3.8, 4) is 6.07 Å². The number of nitrogens with one attached hydrogen (secondary N) is 2. The van der Waals surface area contributed by atoms with E-state index in [9.17, 15) is 32.8 Å². The number of carbonyl (C=O) groups excluding carboxylic acids is 3. The van der Waals surface area contributed by atoms with Crippen LogP contribution in [0.25, 0.3) is 0 Å². The first-order valence-corrected chi connectivity index (χ1v) is 13.3. The lowest BCUT2D eigenvalue weighted by Crippen LogP contribution is -2.50. The molecule has 0 aliphatic carbocycles. The van der Waals surface area contributed by atoms with Gasteiger partial charge in [-0.25, -0.2) is 4.79 Å². The highest BCUT2D eigenvalue weighted by Gasteiger charge is 2.40. The molecule has 3 rings (SSSR count). The summed E-state index contributed by atoms with van der Waals surface area (Å²) in [6.07, 6.45) is -4.69. The van der Waals surface area contributed by atoms with Gasteiger partial charge in [-0.1, -0.05) is 48.0 Å². The molecule has 3 aromatic rings. The molecule has 0 aliphatic heterocycles. The maximum Gasteiger partial charge on any atom is 0.471 e. The van der Waals surface area contributed by atoms with Gasteiger partial charge >= 0.3 is 18.1 Å². The summed E-state index contributed by atoms with van der Waals surface area (Å²) in [6, 6.07) is 19.8. The molecule has 0 bridgehead atoms. The van der Waals surface area contributed by atoms with Gasteiger partial charge in [-0.15, -0.1) is 0 Å². The molecule has 220 valence electrons. The summed E-state index contributed by atoms with van der Waals surface area (Å²) in [5.41, 5.74) is -0.0236. The van der Waals surface area contributed by atoms with Crippen LogP contribution in [0.2, 0.25) is 5.02 Å². The molecule has 2 amide bonds. The number of nitriles is 1. The number of hydrogen-bond acceptors (Lipinski definition) is 5. The Labute approximate surface area is 246 Å². The van der Waals surface area contributed by atoms with Crippen molar-refractivity contribution in [3.05, 3.63) is 99.6 Å². The van der Waals surface area contributed by atoms with Gasteiger partial charge in [-0.2, -0.15) is 18.4 Å². The number of anilines is 1. The molecule has 0 saturated heterocycles. The van der Waals surface area contributed by atoms with Crippen LogP contribution in [0.15, 0.2) is 66.7 Å². The minimum atomic E-state index is -5.17. The fourth-order valence-corrected chi connectivity index (χ4v) is 4.47. The van der Waals surface area contributed by atoms with Crippen molar-refractivity contribution in [1.29, 1.82) is 5.26 Å². The highest BCUT2D eigenvalue weighted by Crippen LogP contribution is 2.29. The molecule has 0 heterocycles. The number of amides is 2. The van der Waals surface area contributed by atoms with Crippen LogP contribution in [0, 0.1) is 18.3 Å². The predicted molar refractivity (Wildman–Crippen MR) is 152 cm³/mol. The quantitative estimate of drug-likeness (QED) is 0.273. The smallest absolute Gasteiger partial charge is 0.446 e. The van der Waals surface area contributed by atoms with Gasteiger partial charge in [0.2, 0.25) is 0 Å².